The SMILES string of the molecule is Cl.Cn1c(=O)n(C2CCC(=O)NC2=O)c2ccc(C3CCN(CC4CCNCC4)CC3)cc21. The molecule has 2 amide bonds. The van der Waals surface area contributed by atoms with Gasteiger partial charge < -0.3 is 10.2 Å². The number of likely N-dealkylation sites (tertiary alicyclic amines) is 1. The summed E-state index contributed by atoms with van der Waals surface area (Å²) < 4.78 is 3.19. The van der Waals surface area contributed by atoms with Crippen LogP contribution in [0.25, 0.3) is 11.0 Å². The Labute approximate surface area is 200 Å². The summed E-state index contributed by atoms with van der Waals surface area (Å²) in [4.78, 5) is 39.5. The molecule has 1 unspecified atom stereocenters. The van der Waals surface area contributed by atoms with Crippen LogP contribution in [0.2, 0.25) is 0 Å². The lowest BCUT2D eigenvalue weighted by atomic mass is 9.88. The minimum absolute atomic E-state index is 0. The smallest absolute Gasteiger partial charge is 0.317 e. The van der Waals surface area contributed by atoms with Gasteiger partial charge in [-0.3, -0.25) is 24.0 Å². The number of imidazole rings is 1. The monoisotopic (exact) mass is 475 g/mol. The number of amides is 2. The Hall–Kier alpha value is -2.16. The van der Waals surface area contributed by atoms with Gasteiger partial charge in [-0.2, -0.15) is 0 Å². The van der Waals surface area contributed by atoms with E-state index < -0.39 is 6.04 Å². The van der Waals surface area contributed by atoms with E-state index in [-0.39, 0.29) is 36.3 Å². The number of rotatable bonds is 4. The van der Waals surface area contributed by atoms with Crippen molar-refractivity contribution in [2.75, 3.05) is 32.7 Å². The van der Waals surface area contributed by atoms with Gasteiger partial charge in [0.2, 0.25) is 11.8 Å². The molecule has 0 radical (unpaired) electrons. The Morgan fingerprint density at radius 1 is 0.970 bits per heavy atom. The van der Waals surface area contributed by atoms with Crippen molar-refractivity contribution in [3.05, 3.63) is 34.2 Å². The largest absolute Gasteiger partial charge is 0.329 e. The van der Waals surface area contributed by atoms with Crippen LogP contribution in [0.3, 0.4) is 0 Å². The Morgan fingerprint density at radius 2 is 1.70 bits per heavy atom. The van der Waals surface area contributed by atoms with E-state index in [0.717, 1.165) is 56.0 Å². The van der Waals surface area contributed by atoms with Crippen molar-refractivity contribution in [2.45, 2.75) is 50.5 Å². The summed E-state index contributed by atoms with van der Waals surface area (Å²) in [5.41, 5.74) is 2.69. The highest BCUT2D eigenvalue weighted by Gasteiger charge is 2.31. The summed E-state index contributed by atoms with van der Waals surface area (Å²) in [6.45, 7) is 5.78. The lowest BCUT2D eigenvalue weighted by molar-refractivity contribution is -0.135. The summed E-state index contributed by atoms with van der Waals surface area (Å²) in [5.74, 6) is 0.665. The summed E-state index contributed by atoms with van der Waals surface area (Å²) in [6.07, 6.45) is 5.47. The molecule has 0 saturated carbocycles. The van der Waals surface area contributed by atoms with Crippen LogP contribution < -0.4 is 16.3 Å². The van der Waals surface area contributed by atoms with E-state index in [1.807, 2.05) is 6.07 Å². The fourth-order valence-electron chi connectivity index (χ4n) is 5.74. The molecule has 5 rings (SSSR count). The highest BCUT2D eigenvalue weighted by molar-refractivity contribution is 6.00. The molecule has 3 saturated heterocycles. The third-order valence-corrected chi connectivity index (χ3v) is 7.67. The molecule has 33 heavy (non-hydrogen) atoms. The maximum Gasteiger partial charge on any atom is 0.329 e. The number of aryl methyl sites for hydroxylation is 1. The van der Waals surface area contributed by atoms with Gasteiger partial charge in [0.15, 0.2) is 0 Å². The molecule has 3 aliphatic rings. The van der Waals surface area contributed by atoms with Gasteiger partial charge in [0.1, 0.15) is 6.04 Å². The number of benzene rings is 1. The lowest BCUT2D eigenvalue weighted by Crippen LogP contribution is -2.44. The lowest BCUT2D eigenvalue weighted by Gasteiger charge is -2.35. The van der Waals surface area contributed by atoms with Crippen molar-refractivity contribution in [1.82, 2.24) is 24.7 Å². The zero-order chi connectivity index (χ0) is 22.2. The molecule has 4 heterocycles. The number of hydrogen-bond acceptors (Lipinski definition) is 5. The number of nitrogens with zero attached hydrogens (tertiary/aromatic N) is 3. The van der Waals surface area contributed by atoms with Crippen LogP contribution in [0.1, 0.15) is 56.0 Å². The number of aromatic nitrogens is 2. The second-order valence-corrected chi connectivity index (χ2v) is 9.69. The average Bonchev–Trinajstić information content (AvgIpc) is 3.05. The van der Waals surface area contributed by atoms with E-state index >= 15 is 0 Å². The van der Waals surface area contributed by atoms with E-state index in [2.05, 4.69) is 27.7 Å². The molecule has 2 N–H and O–H groups in total. The van der Waals surface area contributed by atoms with Gasteiger partial charge in [0.05, 0.1) is 11.0 Å². The summed E-state index contributed by atoms with van der Waals surface area (Å²) >= 11 is 0. The van der Waals surface area contributed by atoms with E-state index in [4.69, 9.17) is 0 Å². The first-order valence-corrected chi connectivity index (χ1v) is 12.0. The van der Waals surface area contributed by atoms with Crippen molar-refractivity contribution < 1.29 is 9.59 Å². The van der Waals surface area contributed by atoms with Crippen LogP contribution in [0.5, 0.6) is 0 Å². The predicted octanol–water partition coefficient (Wildman–Crippen LogP) is 1.92. The normalized spacial score (nSPS) is 23.5. The second kappa shape index (κ2) is 9.99. The fourth-order valence-corrected chi connectivity index (χ4v) is 5.74. The van der Waals surface area contributed by atoms with E-state index in [9.17, 15) is 14.4 Å². The quantitative estimate of drug-likeness (QED) is 0.659. The molecule has 2 aromatic rings. The summed E-state index contributed by atoms with van der Waals surface area (Å²) in [6, 6.07) is 5.61. The van der Waals surface area contributed by atoms with Crippen LogP contribution in [0, 0.1) is 5.92 Å². The second-order valence-electron chi connectivity index (χ2n) is 9.69. The molecule has 8 nitrogen and oxygen atoms in total. The topological polar surface area (TPSA) is 88.4 Å². The molecule has 0 spiro atoms. The number of carbonyl (C=O) groups is 2. The maximum absolute atomic E-state index is 13.0. The molecule has 180 valence electrons. The highest BCUT2D eigenvalue weighted by Crippen LogP contribution is 2.32. The van der Waals surface area contributed by atoms with Gasteiger partial charge in [0, 0.05) is 20.0 Å². The number of carbonyl (C=O) groups excluding carboxylic acids is 2. The minimum Gasteiger partial charge on any atom is -0.317 e. The first-order valence-electron chi connectivity index (χ1n) is 12.0. The molecule has 0 aliphatic carbocycles. The Bertz CT molecular complexity index is 1080. The third kappa shape index (κ3) is 4.74. The molecule has 9 heteroatoms. The van der Waals surface area contributed by atoms with Crippen LogP contribution in [0.15, 0.2) is 23.0 Å². The van der Waals surface area contributed by atoms with Crippen LogP contribution >= 0.6 is 12.4 Å². The first kappa shape index (κ1) is 24.0. The molecule has 1 aromatic heterocycles. The van der Waals surface area contributed by atoms with Gasteiger partial charge in [0.25, 0.3) is 0 Å². The van der Waals surface area contributed by atoms with E-state index in [1.54, 1.807) is 16.2 Å². The van der Waals surface area contributed by atoms with Crippen LogP contribution in [-0.2, 0) is 16.6 Å². The summed E-state index contributed by atoms with van der Waals surface area (Å²) in [7, 11) is 1.76. The minimum atomic E-state index is -0.632. The van der Waals surface area contributed by atoms with Crippen LogP contribution in [0.4, 0.5) is 0 Å². The Balaban J connectivity index is 0.00000259. The molecule has 0 bridgehead atoms. The zero-order valence-corrected chi connectivity index (χ0v) is 20.0. The maximum atomic E-state index is 13.0. The molecule has 1 aromatic carbocycles. The number of piperidine rings is 3. The molecular formula is C24H34ClN5O3. The van der Waals surface area contributed by atoms with Crippen molar-refractivity contribution in [1.29, 1.82) is 0 Å². The number of nitrogens with one attached hydrogen (secondary N) is 2. The van der Waals surface area contributed by atoms with Gasteiger partial charge in [-0.15, -0.1) is 12.4 Å². The number of halogens is 1. The number of hydrogen-bond donors (Lipinski definition) is 2. The molecule has 3 aliphatic heterocycles. The average molecular weight is 476 g/mol. The fraction of sp³-hybridized carbons (Fsp3) is 0.625. The zero-order valence-electron chi connectivity index (χ0n) is 19.2. The standard InChI is InChI=1S/C24H33N5O3.ClH/c1-27-21-14-18(17-8-12-28(13-9-17)15-16-6-10-25-11-7-16)2-3-19(21)29(24(27)32)20-4-5-22(30)26-23(20)31;/h2-3,14,16-17,20,25H,4-13,15H2,1H3,(H,26,30,31);1H. The van der Waals surface area contributed by atoms with Gasteiger partial charge in [-0.05, 0) is 87.8 Å². The molecule has 1 atom stereocenters. The van der Waals surface area contributed by atoms with E-state index in [0.29, 0.717) is 12.3 Å². The predicted molar refractivity (Wildman–Crippen MR) is 130 cm³/mol. The highest BCUT2D eigenvalue weighted by atomic mass is 35.5. The Kier molecular flexibility index (Phi) is 7.26. The first-order chi connectivity index (χ1) is 15.5. The number of imide groups is 1. The van der Waals surface area contributed by atoms with Gasteiger partial charge in [-0.25, -0.2) is 4.79 Å². The van der Waals surface area contributed by atoms with Gasteiger partial charge in [-0.1, -0.05) is 6.07 Å². The third-order valence-electron chi connectivity index (χ3n) is 7.67. The summed E-state index contributed by atoms with van der Waals surface area (Å²) in [5, 5.41) is 5.82. The molecular weight excluding hydrogens is 442 g/mol. The van der Waals surface area contributed by atoms with Crippen LogP contribution in [-0.4, -0.2) is 58.6 Å². The van der Waals surface area contributed by atoms with E-state index in [1.165, 1.54) is 24.9 Å². The van der Waals surface area contributed by atoms with Crippen molar-refractivity contribution in [2.24, 2.45) is 13.0 Å². The number of fused-ring (bicyclic) bond motifs is 1. The van der Waals surface area contributed by atoms with Gasteiger partial charge >= 0.3 is 5.69 Å². The Morgan fingerprint density at radius 3 is 2.39 bits per heavy atom. The molecule has 3 fully saturated rings. The van der Waals surface area contributed by atoms with Crippen molar-refractivity contribution in [3.63, 3.8) is 0 Å². The van der Waals surface area contributed by atoms with Crippen molar-refractivity contribution in [3.8, 4) is 0 Å². The van der Waals surface area contributed by atoms with Crippen molar-refractivity contribution >= 4 is 35.3 Å².